The van der Waals surface area contributed by atoms with Crippen molar-refractivity contribution in [2.75, 3.05) is 0 Å². The quantitative estimate of drug-likeness (QED) is 0.742. The number of carbonyl (C=O) groups is 1. The second kappa shape index (κ2) is 5.06. The maximum Gasteiger partial charge on any atom is 0.140 e. The van der Waals surface area contributed by atoms with Crippen LogP contribution in [0.15, 0.2) is 24.3 Å². The van der Waals surface area contributed by atoms with Crippen LogP contribution in [0.25, 0.3) is 0 Å². The molecule has 0 aliphatic rings. The molecule has 0 aromatic heterocycles. The van der Waals surface area contributed by atoms with Crippen LogP contribution >= 0.6 is 0 Å². The van der Waals surface area contributed by atoms with Crippen LogP contribution in [0.3, 0.4) is 0 Å². The van der Waals surface area contributed by atoms with E-state index in [1.54, 1.807) is 18.2 Å². The van der Waals surface area contributed by atoms with Gasteiger partial charge in [0.25, 0.3) is 0 Å². The predicted molar refractivity (Wildman–Crippen MR) is 59.1 cm³/mol. The fraction of sp³-hybridized carbons (Fsp3) is 0.462. The minimum absolute atomic E-state index is 0.00962. The van der Waals surface area contributed by atoms with Gasteiger partial charge < -0.3 is 0 Å². The van der Waals surface area contributed by atoms with Crippen molar-refractivity contribution in [3.63, 3.8) is 0 Å². The number of carbonyl (C=O) groups excluding carboxylic acids is 1. The van der Waals surface area contributed by atoms with Crippen LogP contribution in [-0.4, -0.2) is 5.78 Å². The van der Waals surface area contributed by atoms with Crippen molar-refractivity contribution in [2.45, 2.75) is 27.2 Å². The molecule has 15 heavy (non-hydrogen) atoms. The van der Waals surface area contributed by atoms with Crippen molar-refractivity contribution >= 4 is 5.78 Å². The summed E-state index contributed by atoms with van der Waals surface area (Å²) in [5.74, 6) is 0.116. The Morgan fingerprint density at radius 2 is 1.87 bits per heavy atom. The van der Waals surface area contributed by atoms with Crippen molar-refractivity contribution in [1.29, 1.82) is 0 Å². The zero-order chi connectivity index (χ0) is 11.4. The van der Waals surface area contributed by atoms with Crippen LogP contribution in [-0.2, 0) is 11.2 Å². The van der Waals surface area contributed by atoms with E-state index in [0.29, 0.717) is 11.5 Å². The van der Waals surface area contributed by atoms with Crippen LogP contribution in [0, 0.1) is 17.7 Å². The molecule has 0 amide bonds. The fourth-order valence-corrected chi connectivity index (χ4v) is 1.36. The van der Waals surface area contributed by atoms with Gasteiger partial charge in [-0.15, -0.1) is 0 Å². The predicted octanol–water partition coefficient (Wildman–Crippen LogP) is 3.23. The van der Waals surface area contributed by atoms with E-state index in [4.69, 9.17) is 0 Å². The summed E-state index contributed by atoms with van der Waals surface area (Å²) in [4.78, 5) is 11.7. The first-order valence-electron chi connectivity index (χ1n) is 5.28. The maximum absolute atomic E-state index is 13.3. The highest BCUT2D eigenvalue weighted by Crippen LogP contribution is 2.15. The number of Topliss-reactive ketones (excluding diaryl/α,β-unsaturated/α-hetero) is 1. The summed E-state index contributed by atoms with van der Waals surface area (Å²) in [6.45, 7) is 5.90. The molecule has 0 radical (unpaired) electrons. The molecular formula is C13H17FO. The molecule has 0 bridgehead atoms. The fourth-order valence-electron chi connectivity index (χ4n) is 1.36. The minimum Gasteiger partial charge on any atom is -0.299 e. The average molecular weight is 208 g/mol. The molecule has 0 saturated carbocycles. The summed E-state index contributed by atoms with van der Waals surface area (Å²) < 4.78 is 13.3. The number of ketones is 1. The molecule has 1 aromatic rings. The van der Waals surface area contributed by atoms with Crippen molar-refractivity contribution in [2.24, 2.45) is 11.8 Å². The van der Waals surface area contributed by atoms with E-state index in [1.165, 1.54) is 6.07 Å². The number of halogens is 1. The van der Waals surface area contributed by atoms with Gasteiger partial charge in [0.2, 0.25) is 0 Å². The van der Waals surface area contributed by atoms with Gasteiger partial charge in [-0.25, -0.2) is 4.39 Å². The van der Waals surface area contributed by atoms with E-state index in [9.17, 15) is 9.18 Å². The average Bonchev–Trinajstić information content (AvgIpc) is 2.20. The molecule has 1 aromatic carbocycles. The van der Waals surface area contributed by atoms with Gasteiger partial charge in [0.15, 0.2) is 0 Å². The highest BCUT2D eigenvalue weighted by Gasteiger charge is 2.17. The molecule has 1 nitrogen and oxygen atoms in total. The van der Waals surface area contributed by atoms with E-state index in [2.05, 4.69) is 0 Å². The van der Waals surface area contributed by atoms with E-state index in [0.717, 1.165) is 0 Å². The Labute approximate surface area is 90.3 Å². The highest BCUT2D eigenvalue weighted by molar-refractivity contribution is 5.83. The smallest absolute Gasteiger partial charge is 0.140 e. The third-order valence-corrected chi connectivity index (χ3v) is 2.83. The van der Waals surface area contributed by atoms with E-state index >= 15 is 0 Å². The van der Waals surface area contributed by atoms with Crippen molar-refractivity contribution < 1.29 is 9.18 Å². The van der Waals surface area contributed by atoms with Gasteiger partial charge in [-0.05, 0) is 17.5 Å². The van der Waals surface area contributed by atoms with Gasteiger partial charge in [-0.2, -0.15) is 0 Å². The lowest BCUT2D eigenvalue weighted by Crippen LogP contribution is -2.19. The lowest BCUT2D eigenvalue weighted by molar-refractivity contribution is -0.122. The molecule has 2 heteroatoms. The van der Waals surface area contributed by atoms with Gasteiger partial charge in [-0.1, -0.05) is 39.0 Å². The molecule has 1 atom stereocenters. The number of rotatable bonds is 4. The highest BCUT2D eigenvalue weighted by atomic mass is 19.1. The van der Waals surface area contributed by atoms with Crippen LogP contribution in [0.2, 0.25) is 0 Å². The summed E-state index contributed by atoms with van der Waals surface area (Å²) in [5, 5.41) is 0. The molecule has 0 spiro atoms. The lowest BCUT2D eigenvalue weighted by Gasteiger charge is -2.14. The van der Waals surface area contributed by atoms with Crippen LogP contribution < -0.4 is 0 Å². The molecule has 0 heterocycles. The molecule has 0 saturated heterocycles. The van der Waals surface area contributed by atoms with Crippen molar-refractivity contribution in [3.05, 3.63) is 35.6 Å². The molecule has 0 aliphatic heterocycles. The summed E-state index contributed by atoms with van der Waals surface area (Å²) in [5.41, 5.74) is 0.495. The number of hydrogen-bond acceptors (Lipinski definition) is 1. The lowest BCUT2D eigenvalue weighted by atomic mass is 9.90. The van der Waals surface area contributed by atoms with Gasteiger partial charge in [-0.3, -0.25) is 4.79 Å². The van der Waals surface area contributed by atoms with Gasteiger partial charge in [0.1, 0.15) is 11.6 Å². The van der Waals surface area contributed by atoms with Gasteiger partial charge in [0.05, 0.1) is 0 Å². The van der Waals surface area contributed by atoms with E-state index in [-0.39, 0.29) is 23.9 Å². The van der Waals surface area contributed by atoms with Crippen LogP contribution in [0.4, 0.5) is 4.39 Å². The van der Waals surface area contributed by atoms with Gasteiger partial charge in [0, 0.05) is 12.3 Å². The van der Waals surface area contributed by atoms with Crippen molar-refractivity contribution in [1.82, 2.24) is 0 Å². The minimum atomic E-state index is -0.290. The Bertz CT molecular complexity index is 344. The molecule has 0 fully saturated rings. The molecule has 1 unspecified atom stereocenters. The molecular weight excluding hydrogens is 191 g/mol. The Kier molecular flexibility index (Phi) is 4.01. The zero-order valence-corrected chi connectivity index (χ0v) is 9.46. The standard InChI is InChI=1S/C13H17FO/c1-9(2)10(3)13(15)8-11-6-4-5-7-12(11)14/h4-7,9-10H,8H2,1-3H3. The van der Waals surface area contributed by atoms with Crippen LogP contribution in [0.1, 0.15) is 26.3 Å². The molecule has 1 rings (SSSR count). The van der Waals surface area contributed by atoms with E-state index < -0.39 is 0 Å². The van der Waals surface area contributed by atoms with E-state index in [1.807, 2.05) is 20.8 Å². The Balaban J connectivity index is 2.71. The number of hydrogen-bond donors (Lipinski definition) is 0. The van der Waals surface area contributed by atoms with Crippen LogP contribution in [0.5, 0.6) is 0 Å². The summed E-state index contributed by atoms with van der Waals surface area (Å²) in [6.07, 6.45) is 0.200. The SMILES string of the molecule is CC(C)C(C)C(=O)Cc1ccccc1F. The summed E-state index contributed by atoms with van der Waals surface area (Å²) in [6, 6.07) is 6.45. The first kappa shape index (κ1) is 11.9. The first-order chi connectivity index (χ1) is 7.02. The Hall–Kier alpha value is -1.18. The monoisotopic (exact) mass is 208 g/mol. The molecule has 0 N–H and O–H groups in total. The summed E-state index contributed by atoms with van der Waals surface area (Å²) >= 11 is 0. The topological polar surface area (TPSA) is 17.1 Å². The van der Waals surface area contributed by atoms with Gasteiger partial charge >= 0.3 is 0 Å². The molecule has 0 aliphatic carbocycles. The largest absolute Gasteiger partial charge is 0.299 e. The Morgan fingerprint density at radius 1 is 1.27 bits per heavy atom. The second-order valence-electron chi connectivity index (χ2n) is 4.27. The third-order valence-electron chi connectivity index (χ3n) is 2.83. The normalized spacial score (nSPS) is 12.9. The van der Waals surface area contributed by atoms with Crippen molar-refractivity contribution in [3.8, 4) is 0 Å². The molecule has 82 valence electrons. The number of benzene rings is 1. The Morgan fingerprint density at radius 3 is 2.40 bits per heavy atom. The first-order valence-corrected chi connectivity index (χ1v) is 5.28. The second-order valence-corrected chi connectivity index (χ2v) is 4.27. The third kappa shape index (κ3) is 3.15. The zero-order valence-electron chi connectivity index (χ0n) is 9.46. The maximum atomic E-state index is 13.3. The summed E-state index contributed by atoms with van der Waals surface area (Å²) in [7, 11) is 0.